The number of nitrogens with zero attached hydrogens (tertiary/aromatic N) is 5. The highest BCUT2D eigenvalue weighted by atomic mass is 16.2. The van der Waals surface area contributed by atoms with Crippen LogP contribution >= 0.6 is 0 Å². The molecule has 27 heavy (non-hydrogen) atoms. The van der Waals surface area contributed by atoms with Crippen molar-refractivity contribution >= 4 is 22.8 Å². The lowest BCUT2D eigenvalue weighted by Gasteiger charge is -2.36. The maximum absolute atomic E-state index is 13.3. The zero-order valence-corrected chi connectivity index (χ0v) is 15.3. The van der Waals surface area contributed by atoms with Crippen molar-refractivity contribution in [2.24, 2.45) is 5.92 Å². The van der Waals surface area contributed by atoms with E-state index in [2.05, 4.69) is 29.7 Å². The van der Waals surface area contributed by atoms with Crippen LogP contribution in [0.3, 0.4) is 0 Å². The first kappa shape index (κ1) is 16.2. The maximum Gasteiger partial charge on any atom is 0.254 e. The fraction of sp³-hybridized carbons (Fsp3) is 0.400. The Morgan fingerprint density at radius 3 is 2.96 bits per heavy atom. The van der Waals surface area contributed by atoms with Crippen LogP contribution in [0.15, 0.2) is 36.8 Å². The molecule has 2 aromatic heterocycles. The van der Waals surface area contributed by atoms with E-state index >= 15 is 0 Å². The average molecular weight is 362 g/mol. The van der Waals surface area contributed by atoms with E-state index in [1.54, 1.807) is 12.4 Å². The fourth-order valence-electron chi connectivity index (χ4n) is 4.41. The quantitative estimate of drug-likeness (QED) is 0.757. The Morgan fingerprint density at radius 1 is 1.19 bits per heavy atom. The van der Waals surface area contributed by atoms with Gasteiger partial charge >= 0.3 is 0 Å². The SMILES string of the molecule is Cc1nc2ccc(C(=O)N3C[C@H]4CC[C@@H]3CN(c3cnccn3)C4)cc2[nH]1. The number of carbonyl (C=O) groups is 1. The lowest BCUT2D eigenvalue weighted by atomic mass is 9.94. The van der Waals surface area contributed by atoms with E-state index in [1.807, 2.05) is 31.3 Å². The molecule has 6 rings (SSSR count). The van der Waals surface area contributed by atoms with E-state index in [4.69, 9.17) is 0 Å². The molecule has 2 bridgehead atoms. The topological polar surface area (TPSA) is 78.0 Å². The molecule has 0 radical (unpaired) electrons. The Balaban J connectivity index is 1.42. The van der Waals surface area contributed by atoms with Crippen LogP contribution in [0.5, 0.6) is 0 Å². The van der Waals surface area contributed by atoms with Gasteiger partial charge in [0.05, 0.1) is 17.2 Å². The first-order valence-electron chi connectivity index (χ1n) is 9.45. The zero-order valence-electron chi connectivity index (χ0n) is 15.3. The molecule has 3 aromatic rings. The molecule has 1 N–H and O–H groups in total. The average Bonchev–Trinajstić information content (AvgIpc) is 2.85. The van der Waals surface area contributed by atoms with Crippen molar-refractivity contribution in [1.82, 2.24) is 24.8 Å². The van der Waals surface area contributed by atoms with E-state index < -0.39 is 0 Å². The maximum atomic E-state index is 13.3. The van der Waals surface area contributed by atoms with Gasteiger partial charge in [-0.15, -0.1) is 0 Å². The number of amides is 1. The predicted molar refractivity (Wildman–Crippen MR) is 103 cm³/mol. The van der Waals surface area contributed by atoms with Crippen molar-refractivity contribution in [3.8, 4) is 0 Å². The molecule has 0 spiro atoms. The van der Waals surface area contributed by atoms with Gasteiger partial charge in [0, 0.05) is 43.6 Å². The number of nitrogens with one attached hydrogen (secondary N) is 1. The number of anilines is 1. The Hall–Kier alpha value is -2.96. The van der Waals surface area contributed by atoms with Gasteiger partial charge in [-0.3, -0.25) is 9.78 Å². The second kappa shape index (κ2) is 6.33. The second-order valence-corrected chi connectivity index (χ2v) is 7.58. The number of hydrogen-bond donors (Lipinski definition) is 1. The first-order chi connectivity index (χ1) is 13.2. The van der Waals surface area contributed by atoms with Gasteiger partial charge in [-0.1, -0.05) is 0 Å². The molecule has 3 fully saturated rings. The minimum Gasteiger partial charge on any atom is -0.353 e. The lowest BCUT2D eigenvalue weighted by Crippen LogP contribution is -2.47. The third-order valence-corrected chi connectivity index (χ3v) is 5.70. The van der Waals surface area contributed by atoms with E-state index in [9.17, 15) is 4.79 Å². The third-order valence-electron chi connectivity index (χ3n) is 5.70. The first-order valence-corrected chi connectivity index (χ1v) is 9.45. The van der Waals surface area contributed by atoms with Crippen LogP contribution in [0.1, 0.15) is 29.0 Å². The summed E-state index contributed by atoms with van der Waals surface area (Å²) in [7, 11) is 0. The summed E-state index contributed by atoms with van der Waals surface area (Å²) in [5.74, 6) is 2.34. The van der Waals surface area contributed by atoms with Crippen molar-refractivity contribution in [3.05, 3.63) is 48.2 Å². The van der Waals surface area contributed by atoms with Crippen molar-refractivity contribution in [2.75, 3.05) is 24.5 Å². The summed E-state index contributed by atoms with van der Waals surface area (Å²) in [6.07, 6.45) is 7.43. The van der Waals surface area contributed by atoms with Crippen molar-refractivity contribution in [2.45, 2.75) is 25.8 Å². The summed E-state index contributed by atoms with van der Waals surface area (Å²) in [5.41, 5.74) is 2.54. The monoisotopic (exact) mass is 362 g/mol. The number of fused-ring (bicyclic) bond motifs is 5. The minimum atomic E-state index is 0.111. The van der Waals surface area contributed by atoms with Crippen molar-refractivity contribution in [3.63, 3.8) is 0 Å². The van der Waals surface area contributed by atoms with Gasteiger partial charge in [0.25, 0.3) is 5.91 Å². The highest BCUT2D eigenvalue weighted by molar-refractivity contribution is 5.97. The molecular weight excluding hydrogens is 340 g/mol. The summed E-state index contributed by atoms with van der Waals surface area (Å²) in [6, 6.07) is 5.95. The molecule has 0 saturated carbocycles. The van der Waals surface area contributed by atoms with E-state index in [0.717, 1.165) is 60.7 Å². The number of aryl methyl sites for hydroxylation is 1. The molecule has 2 atom stereocenters. The highest BCUT2D eigenvalue weighted by Gasteiger charge is 2.38. The molecule has 3 saturated heterocycles. The molecule has 3 aliphatic rings. The number of rotatable bonds is 2. The van der Waals surface area contributed by atoms with Crippen LogP contribution in [-0.4, -0.2) is 56.4 Å². The summed E-state index contributed by atoms with van der Waals surface area (Å²) < 4.78 is 0. The van der Waals surface area contributed by atoms with Gasteiger partial charge in [-0.2, -0.15) is 0 Å². The molecule has 7 nitrogen and oxygen atoms in total. The smallest absolute Gasteiger partial charge is 0.254 e. The molecule has 5 heterocycles. The fourth-order valence-corrected chi connectivity index (χ4v) is 4.41. The molecule has 1 amide bonds. The molecule has 0 aliphatic carbocycles. The van der Waals surface area contributed by atoms with Gasteiger partial charge in [0.2, 0.25) is 0 Å². The number of aromatic nitrogens is 4. The number of imidazole rings is 1. The molecule has 0 unspecified atom stereocenters. The van der Waals surface area contributed by atoms with E-state index in [0.29, 0.717) is 5.92 Å². The summed E-state index contributed by atoms with van der Waals surface area (Å²) in [5, 5.41) is 0. The largest absolute Gasteiger partial charge is 0.353 e. The molecule has 1 aromatic carbocycles. The number of carbonyl (C=O) groups excluding carboxylic acids is 1. The van der Waals surface area contributed by atoms with Gasteiger partial charge in [0.15, 0.2) is 0 Å². The third kappa shape index (κ3) is 2.93. The standard InChI is InChI=1S/C20H22N6O/c1-13-23-17-5-3-15(8-18(17)24-13)20(27)26-11-14-2-4-16(26)12-25(10-14)19-9-21-6-7-22-19/h3,5-9,14,16H,2,4,10-12H2,1H3,(H,23,24)/t14-,16+/m0/s1. The summed E-state index contributed by atoms with van der Waals surface area (Å²) >= 11 is 0. The number of benzene rings is 1. The second-order valence-electron chi connectivity index (χ2n) is 7.58. The predicted octanol–water partition coefficient (Wildman–Crippen LogP) is 2.40. The van der Waals surface area contributed by atoms with Crippen LogP contribution in [0.2, 0.25) is 0 Å². The van der Waals surface area contributed by atoms with Crippen LogP contribution in [-0.2, 0) is 0 Å². The van der Waals surface area contributed by atoms with Crippen molar-refractivity contribution in [1.29, 1.82) is 0 Å². The highest BCUT2D eigenvalue weighted by Crippen LogP contribution is 2.31. The van der Waals surface area contributed by atoms with Gasteiger partial charge in [0.1, 0.15) is 11.6 Å². The van der Waals surface area contributed by atoms with Crippen LogP contribution in [0.4, 0.5) is 5.82 Å². The minimum absolute atomic E-state index is 0.111. The number of aromatic amines is 1. The van der Waals surface area contributed by atoms with Gasteiger partial charge < -0.3 is 14.8 Å². The summed E-state index contributed by atoms with van der Waals surface area (Å²) in [6.45, 7) is 4.47. The Morgan fingerprint density at radius 2 is 2.11 bits per heavy atom. The van der Waals surface area contributed by atoms with Crippen molar-refractivity contribution < 1.29 is 4.79 Å². The number of hydrogen-bond acceptors (Lipinski definition) is 5. The lowest BCUT2D eigenvalue weighted by molar-refractivity contribution is 0.0592. The molecular formula is C20H22N6O. The van der Waals surface area contributed by atoms with E-state index in [-0.39, 0.29) is 11.9 Å². The van der Waals surface area contributed by atoms with E-state index in [1.165, 1.54) is 0 Å². The van der Waals surface area contributed by atoms with Gasteiger partial charge in [-0.25, -0.2) is 9.97 Å². The van der Waals surface area contributed by atoms with Crippen LogP contribution in [0.25, 0.3) is 11.0 Å². The summed E-state index contributed by atoms with van der Waals surface area (Å²) in [4.78, 5) is 33.9. The van der Waals surface area contributed by atoms with Crippen LogP contribution < -0.4 is 4.90 Å². The number of H-pyrrole nitrogens is 1. The normalized spacial score (nSPS) is 22.3. The molecule has 3 aliphatic heterocycles. The van der Waals surface area contributed by atoms with Crippen LogP contribution in [0, 0.1) is 12.8 Å². The number of piperidine rings is 1. The Labute approximate surface area is 157 Å². The Kier molecular flexibility index (Phi) is 3.81. The Bertz CT molecular complexity index is 985. The van der Waals surface area contributed by atoms with Gasteiger partial charge in [-0.05, 0) is 43.9 Å². The zero-order chi connectivity index (χ0) is 18.4. The molecule has 138 valence electrons. The molecule has 7 heteroatoms.